The molecular weight excluding hydrogens is 263 g/mol. The van der Waals surface area contributed by atoms with Crippen LogP contribution in [0.1, 0.15) is 32.6 Å². The highest BCUT2D eigenvalue weighted by Gasteiger charge is 2.58. The van der Waals surface area contributed by atoms with Crippen LogP contribution >= 0.6 is 11.8 Å². The Morgan fingerprint density at radius 3 is 2.61 bits per heavy atom. The van der Waals surface area contributed by atoms with Crippen molar-refractivity contribution in [3.05, 3.63) is 0 Å². The highest BCUT2D eigenvalue weighted by Crippen LogP contribution is 2.57. The van der Waals surface area contributed by atoms with Crippen LogP contribution < -0.4 is 5.32 Å². The second kappa shape index (κ2) is 5.59. The molecule has 2 aliphatic rings. The van der Waals surface area contributed by atoms with Gasteiger partial charge in [-0.05, 0) is 37.9 Å². The third kappa shape index (κ3) is 2.96. The van der Waals surface area contributed by atoms with Crippen LogP contribution in [0.15, 0.2) is 0 Å². The Morgan fingerprint density at radius 2 is 2.11 bits per heavy atom. The molecule has 2 atom stereocenters. The molecule has 1 N–H and O–H groups in total. The fraction of sp³-hybridized carbons (Fsp3) is 1.00. The fourth-order valence-electron chi connectivity index (χ4n) is 3.12. The minimum absolute atomic E-state index is 0.0532. The summed E-state index contributed by atoms with van der Waals surface area (Å²) in [6.07, 6.45) is 4.80. The number of nitrogens with one attached hydrogen (secondary N) is 1. The Bertz CT molecular complexity index is 281. The molecule has 0 aliphatic heterocycles. The summed E-state index contributed by atoms with van der Waals surface area (Å²) in [7, 11) is 0. The Balaban J connectivity index is 1.68. The zero-order valence-corrected chi connectivity index (χ0v) is 11.4. The number of hydrogen-bond acceptors (Lipinski definition) is 3. The topological polar surface area (TPSA) is 21.3 Å². The van der Waals surface area contributed by atoms with Crippen molar-refractivity contribution in [2.75, 3.05) is 18.9 Å². The van der Waals surface area contributed by atoms with Gasteiger partial charge in [-0.2, -0.15) is 13.2 Å². The molecule has 0 aromatic carbocycles. The second-order valence-corrected chi connectivity index (χ2v) is 6.23. The Morgan fingerprint density at radius 1 is 1.39 bits per heavy atom. The van der Waals surface area contributed by atoms with E-state index in [1.807, 2.05) is 6.92 Å². The van der Waals surface area contributed by atoms with E-state index in [4.69, 9.17) is 4.74 Å². The van der Waals surface area contributed by atoms with Gasteiger partial charge in [-0.25, -0.2) is 0 Å². The molecule has 0 aromatic rings. The molecule has 0 heterocycles. The van der Waals surface area contributed by atoms with Gasteiger partial charge in [0.1, 0.15) is 0 Å². The van der Waals surface area contributed by atoms with E-state index in [0.29, 0.717) is 18.7 Å². The maximum Gasteiger partial charge on any atom is 0.441 e. The van der Waals surface area contributed by atoms with Crippen molar-refractivity contribution in [1.82, 2.24) is 5.32 Å². The van der Waals surface area contributed by atoms with Gasteiger partial charge in [0.25, 0.3) is 0 Å². The molecule has 0 aromatic heterocycles. The van der Waals surface area contributed by atoms with Crippen molar-refractivity contribution >= 4 is 11.8 Å². The first-order chi connectivity index (χ1) is 8.48. The molecule has 2 aliphatic carbocycles. The zero-order chi connectivity index (χ0) is 13.2. The van der Waals surface area contributed by atoms with Crippen LogP contribution in [-0.2, 0) is 4.74 Å². The molecule has 0 radical (unpaired) electrons. The van der Waals surface area contributed by atoms with E-state index in [1.165, 1.54) is 6.42 Å². The van der Waals surface area contributed by atoms with E-state index < -0.39 is 5.51 Å². The molecule has 1 spiro atoms. The maximum absolute atomic E-state index is 12.0. The SMILES string of the molecule is CCOC1CC(NCCSC(F)(F)F)C12CCC2. The van der Waals surface area contributed by atoms with E-state index in [0.717, 1.165) is 25.9 Å². The van der Waals surface area contributed by atoms with Crippen LogP contribution in [0.3, 0.4) is 0 Å². The molecular formula is C12H20F3NOS. The Kier molecular flexibility index (Phi) is 4.49. The lowest BCUT2D eigenvalue weighted by molar-refractivity contribution is -0.172. The average Bonchev–Trinajstić information content (AvgIpc) is 2.17. The van der Waals surface area contributed by atoms with Crippen molar-refractivity contribution in [3.8, 4) is 0 Å². The van der Waals surface area contributed by atoms with Crippen LogP contribution in [0.4, 0.5) is 13.2 Å². The van der Waals surface area contributed by atoms with Crippen molar-refractivity contribution in [3.63, 3.8) is 0 Å². The fourth-order valence-corrected chi connectivity index (χ4v) is 3.58. The Hall–Kier alpha value is 0.0600. The smallest absolute Gasteiger partial charge is 0.378 e. The first-order valence-corrected chi connectivity index (χ1v) is 7.52. The van der Waals surface area contributed by atoms with Gasteiger partial charge in [0, 0.05) is 30.4 Å². The number of alkyl halides is 3. The lowest BCUT2D eigenvalue weighted by atomic mass is 9.51. The summed E-state index contributed by atoms with van der Waals surface area (Å²) >= 11 is 0.0532. The first-order valence-electron chi connectivity index (χ1n) is 6.53. The van der Waals surface area contributed by atoms with Crippen LogP contribution in [0.25, 0.3) is 0 Å². The molecule has 18 heavy (non-hydrogen) atoms. The maximum atomic E-state index is 12.0. The molecule has 0 bridgehead atoms. The van der Waals surface area contributed by atoms with Crippen molar-refractivity contribution < 1.29 is 17.9 Å². The highest BCUT2D eigenvalue weighted by atomic mass is 32.2. The van der Waals surface area contributed by atoms with Gasteiger partial charge in [0.2, 0.25) is 0 Å². The summed E-state index contributed by atoms with van der Waals surface area (Å²) in [6.45, 7) is 3.14. The summed E-state index contributed by atoms with van der Waals surface area (Å²) in [6, 6.07) is 0.358. The van der Waals surface area contributed by atoms with Crippen molar-refractivity contribution in [2.24, 2.45) is 5.41 Å². The van der Waals surface area contributed by atoms with E-state index in [9.17, 15) is 13.2 Å². The largest absolute Gasteiger partial charge is 0.441 e. The van der Waals surface area contributed by atoms with Crippen LogP contribution in [-0.4, -0.2) is 36.6 Å². The predicted octanol–water partition coefficient (Wildman–Crippen LogP) is 3.18. The van der Waals surface area contributed by atoms with Gasteiger partial charge >= 0.3 is 5.51 Å². The second-order valence-electron chi connectivity index (χ2n) is 5.07. The van der Waals surface area contributed by atoms with Gasteiger partial charge in [-0.15, -0.1) is 0 Å². The van der Waals surface area contributed by atoms with E-state index in [-0.39, 0.29) is 22.9 Å². The number of ether oxygens (including phenoxy) is 1. The van der Waals surface area contributed by atoms with E-state index in [1.54, 1.807) is 0 Å². The van der Waals surface area contributed by atoms with E-state index >= 15 is 0 Å². The molecule has 2 unspecified atom stereocenters. The van der Waals surface area contributed by atoms with Crippen molar-refractivity contribution in [2.45, 2.75) is 50.3 Å². The average molecular weight is 283 g/mol. The number of halogens is 3. The van der Waals surface area contributed by atoms with Crippen LogP contribution in [0.5, 0.6) is 0 Å². The quantitative estimate of drug-likeness (QED) is 0.757. The molecule has 0 saturated heterocycles. The summed E-state index contributed by atoms with van der Waals surface area (Å²) in [5.41, 5.74) is -3.87. The molecule has 106 valence electrons. The molecule has 2 rings (SSSR count). The molecule has 6 heteroatoms. The van der Waals surface area contributed by atoms with Crippen LogP contribution in [0, 0.1) is 5.41 Å². The summed E-state index contributed by atoms with van der Waals surface area (Å²) in [4.78, 5) is 0. The molecule has 2 fully saturated rings. The monoisotopic (exact) mass is 283 g/mol. The lowest BCUT2D eigenvalue weighted by Crippen LogP contribution is -2.67. The first kappa shape index (κ1) is 14.5. The van der Waals surface area contributed by atoms with Gasteiger partial charge in [0.05, 0.1) is 6.10 Å². The highest BCUT2D eigenvalue weighted by molar-refractivity contribution is 8.00. The van der Waals surface area contributed by atoms with E-state index in [2.05, 4.69) is 5.32 Å². The van der Waals surface area contributed by atoms with Gasteiger partial charge in [-0.3, -0.25) is 0 Å². The number of rotatable bonds is 6. The van der Waals surface area contributed by atoms with Gasteiger partial charge in [-0.1, -0.05) is 6.42 Å². The summed E-state index contributed by atoms with van der Waals surface area (Å²) in [5, 5.41) is 3.27. The van der Waals surface area contributed by atoms with Gasteiger partial charge in [0.15, 0.2) is 0 Å². The van der Waals surface area contributed by atoms with Crippen molar-refractivity contribution in [1.29, 1.82) is 0 Å². The molecule has 2 nitrogen and oxygen atoms in total. The van der Waals surface area contributed by atoms with Crippen LogP contribution in [0.2, 0.25) is 0 Å². The standard InChI is InChI=1S/C12H20F3NOS/c1-2-17-10-8-9(11(10)4-3-5-11)16-6-7-18-12(13,14)15/h9-10,16H,2-8H2,1H3. The summed E-state index contributed by atoms with van der Waals surface area (Å²) in [5.74, 6) is 0.0926. The normalized spacial score (nSPS) is 30.0. The minimum atomic E-state index is -4.11. The number of thioether (sulfide) groups is 1. The third-order valence-corrected chi connectivity index (χ3v) is 4.93. The molecule has 0 amide bonds. The number of hydrogen-bond donors (Lipinski definition) is 1. The summed E-state index contributed by atoms with van der Waals surface area (Å²) < 4.78 is 41.7. The third-order valence-electron chi connectivity index (χ3n) is 4.20. The Labute approximate surface area is 110 Å². The van der Waals surface area contributed by atoms with Gasteiger partial charge < -0.3 is 10.1 Å². The molecule has 2 saturated carbocycles. The minimum Gasteiger partial charge on any atom is -0.378 e. The predicted molar refractivity (Wildman–Crippen MR) is 66.6 cm³/mol. The lowest BCUT2D eigenvalue weighted by Gasteiger charge is -2.61. The zero-order valence-electron chi connectivity index (χ0n) is 10.6.